The van der Waals surface area contributed by atoms with Crippen LogP contribution in [0.3, 0.4) is 0 Å². The Morgan fingerprint density at radius 3 is 2.36 bits per heavy atom. The maximum absolute atomic E-state index is 5.35. The molecule has 58 valence electrons. The number of hydrogen-bond donors (Lipinski definition) is 0. The van der Waals surface area contributed by atoms with Crippen LogP contribution in [0.15, 0.2) is 24.3 Å². The highest BCUT2D eigenvalue weighted by Crippen LogP contribution is 2.29. The Bertz CT molecular complexity index is 238. The summed E-state index contributed by atoms with van der Waals surface area (Å²) in [5, 5.41) is 0. The second kappa shape index (κ2) is 3.11. The third-order valence-corrected chi connectivity index (χ3v) is 2.66. The van der Waals surface area contributed by atoms with E-state index in [9.17, 15) is 0 Å². The lowest BCUT2D eigenvalue weighted by Crippen LogP contribution is -2.17. The molecule has 1 heterocycles. The summed E-state index contributed by atoms with van der Waals surface area (Å²) in [6.45, 7) is 0.927. The van der Waals surface area contributed by atoms with Crippen molar-refractivity contribution in [2.24, 2.45) is 0 Å². The van der Waals surface area contributed by atoms with Crippen molar-refractivity contribution in [3.8, 4) is 0 Å². The molecule has 2 rings (SSSR count). The van der Waals surface area contributed by atoms with Crippen molar-refractivity contribution in [2.75, 3.05) is 6.61 Å². The largest absolute Gasteiger partial charge is 0.373 e. The number of ether oxygens (including phenoxy) is 1. The molecule has 1 nitrogen and oxygen atoms in total. The van der Waals surface area contributed by atoms with Crippen LogP contribution in [-0.4, -0.2) is 6.61 Å². The molecular formula is C9H9IO. The smallest absolute Gasteiger partial charge is 0.0846 e. The fourth-order valence-electron chi connectivity index (χ4n) is 1.18. The average Bonchev–Trinajstić information content (AvgIpc) is 1.90. The lowest BCUT2D eigenvalue weighted by atomic mass is 10.0. The van der Waals surface area contributed by atoms with Gasteiger partial charge in [0.1, 0.15) is 0 Å². The van der Waals surface area contributed by atoms with Gasteiger partial charge in [0.2, 0.25) is 0 Å². The summed E-state index contributed by atoms with van der Waals surface area (Å²) < 4.78 is 6.64. The Labute approximate surface area is 79.9 Å². The molecule has 0 saturated carbocycles. The molecule has 0 bridgehead atoms. The molecule has 1 fully saturated rings. The predicted molar refractivity (Wildman–Crippen MR) is 52.5 cm³/mol. The maximum atomic E-state index is 5.35. The summed E-state index contributed by atoms with van der Waals surface area (Å²) >= 11 is 2.31. The van der Waals surface area contributed by atoms with Gasteiger partial charge >= 0.3 is 0 Å². The van der Waals surface area contributed by atoms with E-state index < -0.39 is 0 Å². The summed E-state index contributed by atoms with van der Waals surface area (Å²) in [6, 6.07) is 8.53. The Hall–Kier alpha value is -0.0900. The quantitative estimate of drug-likeness (QED) is 0.705. The van der Waals surface area contributed by atoms with Crippen molar-refractivity contribution >= 4 is 22.6 Å². The Morgan fingerprint density at radius 2 is 1.91 bits per heavy atom. The first-order valence-corrected chi connectivity index (χ1v) is 4.81. The van der Waals surface area contributed by atoms with Gasteiger partial charge in [-0.25, -0.2) is 0 Å². The van der Waals surface area contributed by atoms with Crippen LogP contribution in [0.4, 0.5) is 0 Å². The molecule has 1 unspecified atom stereocenters. The molecule has 2 heteroatoms. The first kappa shape index (κ1) is 7.55. The number of benzene rings is 1. The zero-order valence-corrected chi connectivity index (χ0v) is 8.24. The van der Waals surface area contributed by atoms with Gasteiger partial charge in [-0.3, -0.25) is 0 Å². The molecule has 0 aliphatic carbocycles. The number of halogens is 1. The summed E-state index contributed by atoms with van der Waals surface area (Å²) in [4.78, 5) is 0. The molecule has 0 amide bonds. The molecule has 0 N–H and O–H groups in total. The molecule has 1 aliphatic rings. The molecule has 1 aliphatic heterocycles. The Morgan fingerprint density at radius 1 is 1.27 bits per heavy atom. The van der Waals surface area contributed by atoms with Crippen LogP contribution in [0.5, 0.6) is 0 Å². The van der Waals surface area contributed by atoms with Crippen molar-refractivity contribution in [1.29, 1.82) is 0 Å². The maximum Gasteiger partial charge on any atom is 0.0846 e. The normalized spacial score (nSPS) is 22.8. The SMILES string of the molecule is Ic1ccc(C2CCO2)cc1. The van der Waals surface area contributed by atoms with Crippen LogP contribution < -0.4 is 0 Å². The van der Waals surface area contributed by atoms with E-state index in [1.807, 2.05) is 0 Å². The third-order valence-electron chi connectivity index (χ3n) is 1.94. The van der Waals surface area contributed by atoms with Gasteiger partial charge in [-0.1, -0.05) is 12.1 Å². The van der Waals surface area contributed by atoms with Crippen LogP contribution in [0.2, 0.25) is 0 Å². The summed E-state index contributed by atoms with van der Waals surface area (Å²) in [5.74, 6) is 0. The molecule has 0 spiro atoms. The van der Waals surface area contributed by atoms with Gasteiger partial charge in [-0.2, -0.15) is 0 Å². The van der Waals surface area contributed by atoms with Gasteiger partial charge in [0.05, 0.1) is 12.7 Å². The first-order chi connectivity index (χ1) is 5.36. The van der Waals surface area contributed by atoms with Crippen LogP contribution in [0.25, 0.3) is 0 Å². The fourth-order valence-corrected chi connectivity index (χ4v) is 1.54. The number of rotatable bonds is 1. The van der Waals surface area contributed by atoms with Crippen LogP contribution in [0, 0.1) is 3.57 Å². The summed E-state index contributed by atoms with van der Waals surface area (Å²) in [5.41, 5.74) is 1.32. The fraction of sp³-hybridized carbons (Fsp3) is 0.333. The van der Waals surface area contributed by atoms with Gasteiger partial charge in [0, 0.05) is 9.99 Å². The highest BCUT2D eigenvalue weighted by molar-refractivity contribution is 14.1. The standard InChI is InChI=1S/C9H9IO/c10-8-3-1-7(2-4-8)9-5-6-11-9/h1-4,9H,5-6H2. The lowest BCUT2D eigenvalue weighted by molar-refractivity contribution is -0.0527. The minimum Gasteiger partial charge on any atom is -0.373 e. The molecule has 0 aromatic heterocycles. The third kappa shape index (κ3) is 1.56. The molecule has 1 saturated heterocycles. The molecule has 11 heavy (non-hydrogen) atoms. The molecular weight excluding hydrogens is 251 g/mol. The Balaban J connectivity index is 2.18. The summed E-state index contributed by atoms with van der Waals surface area (Å²) in [7, 11) is 0. The van der Waals surface area contributed by atoms with E-state index in [4.69, 9.17) is 4.74 Å². The van der Waals surface area contributed by atoms with E-state index in [1.54, 1.807) is 0 Å². The second-order valence-electron chi connectivity index (χ2n) is 2.70. The van der Waals surface area contributed by atoms with Crippen LogP contribution in [-0.2, 0) is 4.74 Å². The predicted octanol–water partition coefficient (Wildman–Crippen LogP) is 2.75. The minimum atomic E-state index is 0.381. The van der Waals surface area contributed by atoms with Gasteiger partial charge in [0.15, 0.2) is 0 Å². The van der Waals surface area contributed by atoms with Crippen molar-refractivity contribution in [2.45, 2.75) is 12.5 Å². The van der Waals surface area contributed by atoms with E-state index >= 15 is 0 Å². The zero-order chi connectivity index (χ0) is 7.68. The average molecular weight is 260 g/mol. The highest BCUT2D eigenvalue weighted by atomic mass is 127. The molecule has 1 aromatic carbocycles. The first-order valence-electron chi connectivity index (χ1n) is 3.73. The Kier molecular flexibility index (Phi) is 2.13. The van der Waals surface area contributed by atoms with Crippen LogP contribution in [0.1, 0.15) is 18.1 Å². The van der Waals surface area contributed by atoms with Gasteiger partial charge in [-0.15, -0.1) is 0 Å². The number of hydrogen-bond acceptors (Lipinski definition) is 1. The van der Waals surface area contributed by atoms with Gasteiger partial charge in [-0.05, 0) is 40.3 Å². The van der Waals surface area contributed by atoms with E-state index in [2.05, 4.69) is 46.9 Å². The van der Waals surface area contributed by atoms with E-state index in [0.29, 0.717) is 6.10 Å². The molecule has 1 atom stereocenters. The van der Waals surface area contributed by atoms with Crippen molar-refractivity contribution in [3.63, 3.8) is 0 Å². The van der Waals surface area contributed by atoms with Gasteiger partial charge in [0.25, 0.3) is 0 Å². The van der Waals surface area contributed by atoms with E-state index in [0.717, 1.165) is 6.61 Å². The zero-order valence-electron chi connectivity index (χ0n) is 6.09. The summed E-state index contributed by atoms with van der Waals surface area (Å²) in [6.07, 6.45) is 1.56. The molecule has 0 radical (unpaired) electrons. The monoisotopic (exact) mass is 260 g/mol. The molecule has 1 aromatic rings. The van der Waals surface area contributed by atoms with Crippen molar-refractivity contribution < 1.29 is 4.74 Å². The van der Waals surface area contributed by atoms with Gasteiger partial charge < -0.3 is 4.74 Å². The highest BCUT2D eigenvalue weighted by Gasteiger charge is 2.19. The lowest BCUT2D eigenvalue weighted by Gasteiger charge is -2.26. The van der Waals surface area contributed by atoms with Crippen LogP contribution >= 0.6 is 22.6 Å². The van der Waals surface area contributed by atoms with Crippen molar-refractivity contribution in [1.82, 2.24) is 0 Å². The topological polar surface area (TPSA) is 9.23 Å². The van der Waals surface area contributed by atoms with Crippen molar-refractivity contribution in [3.05, 3.63) is 33.4 Å². The minimum absolute atomic E-state index is 0.381. The van der Waals surface area contributed by atoms with E-state index in [1.165, 1.54) is 15.6 Å². The van der Waals surface area contributed by atoms with E-state index in [-0.39, 0.29) is 0 Å². The second-order valence-corrected chi connectivity index (χ2v) is 3.95.